The van der Waals surface area contributed by atoms with Crippen LogP contribution in [0, 0.1) is 0 Å². The predicted molar refractivity (Wildman–Crippen MR) is 74.1 cm³/mol. The molecule has 1 heteroatoms. The van der Waals surface area contributed by atoms with Crippen molar-refractivity contribution in [3.05, 3.63) is 47.0 Å². The Hall–Kier alpha value is -1.34. The van der Waals surface area contributed by atoms with Gasteiger partial charge in [-0.1, -0.05) is 30.3 Å². The monoisotopic (exact) mass is 238 g/mol. The van der Waals surface area contributed by atoms with Gasteiger partial charge in [0.2, 0.25) is 0 Å². The lowest BCUT2D eigenvalue weighted by Gasteiger charge is -2.37. The highest BCUT2D eigenvalue weighted by Crippen LogP contribution is 2.45. The fourth-order valence-electron chi connectivity index (χ4n) is 3.97. The Balaban J connectivity index is 2.08. The van der Waals surface area contributed by atoms with E-state index in [4.69, 9.17) is 4.74 Å². The van der Waals surface area contributed by atoms with Crippen LogP contribution in [0.25, 0.3) is 10.8 Å². The van der Waals surface area contributed by atoms with Crippen molar-refractivity contribution in [1.29, 1.82) is 0 Å². The minimum atomic E-state index is 0.379. The molecule has 2 aromatic rings. The fraction of sp³-hybridized carbons (Fsp3) is 0.412. The molecule has 2 unspecified atom stereocenters. The second-order valence-electron chi connectivity index (χ2n) is 5.63. The lowest BCUT2D eigenvalue weighted by atomic mass is 9.71. The average Bonchev–Trinajstić information content (AvgIpc) is 2.44. The number of ether oxygens (including phenoxy) is 1. The summed E-state index contributed by atoms with van der Waals surface area (Å²) < 4.78 is 5.77. The molecule has 0 heterocycles. The molecule has 4 rings (SSSR count). The summed E-state index contributed by atoms with van der Waals surface area (Å²) >= 11 is 0. The molecule has 0 aliphatic heterocycles. The van der Waals surface area contributed by atoms with Crippen LogP contribution in [0.5, 0.6) is 0 Å². The molecule has 0 saturated carbocycles. The van der Waals surface area contributed by atoms with Gasteiger partial charge in [0, 0.05) is 13.0 Å². The van der Waals surface area contributed by atoms with Crippen LogP contribution in [0.2, 0.25) is 0 Å². The largest absolute Gasteiger partial charge is 0.380 e. The summed E-state index contributed by atoms with van der Waals surface area (Å²) in [7, 11) is 1.87. The molecule has 2 aromatic carbocycles. The first-order chi connectivity index (χ1) is 8.88. The van der Waals surface area contributed by atoms with Gasteiger partial charge in [0.15, 0.2) is 0 Å². The van der Waals surface area contributed by atoms with Gasteiger partial charge < -0.3 is 4.74 Å². The summed E-state index contributed by atoms with van der Waals surface area (Å²) in [4.78, 5) is 0. The van der Waals surface area contributed by atoms with Crippen molar-refractivity contribution >= 4 is 10.8 Å². The number of rotatable bonds is 1. The van der Waals surface area contributed by atoms with Gasteiger partial charge in [-0.05, 0) is 53.1 Å². The molecule has 2 aliphatic rings. The number of aryl methyl sites for hydroxylation is 1. The van der Waals surface area contributed by atoms with Gasteiger partial charge in [0.1, 0.15) is 0 Å². The van der Waals surface area contributed by atoms with Gasteiger partial charge in [0.25, 0.3) is 0 Å². The molecule has 0 spiro atoms. The fourth-order valence-corrected chi connectivity index (χ4v) is 3.97. The molecule has 2 atom stereocenters. The topological polar surface area (TPSA) is 9.23 Å². The maximum Gasteiger partial charge on any atom is 0.0680 e. The average molecular weight is 238 g/mol. The van der Waals surface area contributed by atoms with E-state index in [1.807, 2.05) is 7.11 Å². The van der Waals surface area contributed by atoms with E-state index in [1.165, 1.54) is 35.6 Å². The van der Waals surface area contributed by atoms with Crippen LogP contribution in [0.15, 0.2) is 30.3 Å². The second-order valence-corrected chi connectivity index (χ2v) is 5.63. The van der Waals surface area contributed by atoms with E-state index in [9.17, 15) is 0 Å². The van der Waals surface area contributed by atoms with Gasteiger partial charge in [-0.2, -0.15) is 0 Å². The van der Waals surface area contributed by atoms with Crippen LogP contribution in [0.3, 0.4) is 0 Å². The van der Waals surface area contributed by atoms with Crippen molar-refractivity contribution in [2.75, 3.05) is 7.11 Å². The SMILES string of the molecule is COC1Cc2cccc3ccc4c(c23)C1CCC4. The third-order valence-corrected chi connectivity index (χ3v) is 4.77. The van der Waals surface area contributed by atoms with E-state index >= 15 is 0 Å². The molecule has 0 N–H and O–H groups in total. The molecule has 0 amide bonds. The summed E-state index contributed by atoms with van der Waals surface area (Å²) in [6, 6.07) is 11.3. The first kappa shape index (κ1) is 10.6. The Kier molecular flexibility index (Phi) is 2.25. The van der Waals surface area contributed by atoms with E-state index in [-0.39, 0.29) is 0 Å². The summed E-state index contributed by atoms with van der Waals surface area (Å²) in [5, 5.41) is 2.95. The second kappa shape index (κ2) is 3.83. The zero-order valence-corrected chi connectivity index (χ0v) is 10.8. The van der Waals surface area contributed by atoms with Crippen LogP contribution < -0.4 is 0 Å². The summed E-state index contributed by atoms with van der Waals surface area (Å²) in [6.07, 6.45) is 5.30. The molecule has 0 saturated heterocycles. The van der Waals surface area contributed by atoms with Crippen LogP contribution >= 0.6 is 0 Å². The normalized spacial score (nSPS) is 25.4. The van der Waals surface area contributed by atoms with Gasteiger partial charge >= 0.3 is 0 Å². The van der Waals surface area contributed by atoms with Gasteiger partial charge in [-0.3, -0.25) is 0 Å². The van der Waals surface area contributed by atoms with Crippen LogP contribution in [0.1, 0.15) is 35.4 Å². The zero-order chi connectivity index (χ0) is 12.1. The summed E-state index contributed by atoms with van der Waals surface area (Å²) in [5.41, 5.74) is 4.65. The highest BCUT2D eigenvalue weighted by Gasteiger charge is 2.34. The van der Waals surface area contributed by atoms with Gasteiger partial charge in [0.05, 0.1) is 6.10 Å². The smallest absolute Gasteiger partial charge is 0.0680 e. The summed E-state index contributed by atoms with van der Waals surface area (Å²) in [5.74, 6) is 0.623. The molecule has 18 heavy (non-hydrogen) atoms. The van der Waals surface area contributed by atoms with E-state index in [0.717, 1.165) is 6.42 Å². The standard InChI is InChI=1S/C17H18O/c1-18-15-10-13-6-2-4-11-8-9-12-5-3-7-14(15)17(12)16(11)13/h2,4,6,8-9,14-15H,3,5,7,10H2,1H3. The Morgan fingerprint density at radius 3 is 2.94 bits per heavy atom. The summed E-state index contributed by atoms with van der Waals surface area (Å²) in [6.45, 7) is 0. The van der Waals surface area contributed by atoms with E-state index in [0.29, 0.717) is 12.0 Å². The number of hydrogen-bond acceptors (Lipinski definition) is 1. The van der Waals surface area contributed by atoms with Crippen LogP contribution in [-0.2, 0) is 17.6 Å². The van der Waals surface area contributed by atoms with Crippen LogP contribution in [0.4, 0.5) is 0 Å². The Morgan fingerprint density at radius 2 is 2.06 bits per heavy atom. The third-order valence-electron chi connectivity index (χ3n) is 4.77. The van der Waals surface area contributed by atoms with Gasteiger partial charge in [-0.25, -0.2) is 0 Å². The van der Waals surface area contributed by atoms with E-state index < -0.39 is 0 Å². The molecular weight excluding hydrogens is 220 g/mol. The highest BCUT2D eigenvalue weighted by atomic mass is 16.5. The molecule has 0 bridgehead atoms. The van der Waals surface area contributed by atoms with E-state index in [1.54, 1.807) is 11.1 Å². The maximum absolute atomic E-state index is 5.77. The molecule has 2 aliphatic carbocycles. The van der Waals surface area contributed by atoms with Crippen molar-refractivity contribution in [3.63, 3.8) is 0 Å². The minimum absolute atomic E-state index is 0.379. The number of methoxy groups -OCH3 is 1. The van der Waals surface area contributed by atoms with Crippen molar-refractivity contribution in [2.24, 2.45) is 0 Å². The lowest BCUT2D eigenvalue weighted by molar-refractivity contribution is 0.0719. The quantitative estimate of drug-likeness (QED) is 0.733. The molecule has 92 valence electrons. The van der Waals surface area contributed by atoms with Crippen molar-refractivity contribution in [1.82, 2.24) is 0 Å². The zero-order valence-electron chi connectivity index (χ0n) is 10.8. The maximum atomic E-state index is 5.77. The first-order valence-electron chi connectivity index (χ1n) is 6.94. The molecule has 0 fully saturated rings. The molecular formula is C17H18O. The molecule has 0 aromatic heterocycles. The van der Waals surface area contributed by atoms with Gasteiger partial charge in [-0.15, -0.1) is 0 Å². The predicted octanol–water partition coefficient (Wildman–Crippen LogP) is 3.83. The Labute approximate surface area is 108 Å². The van der Waals surface area contributed by atoms with Crippen molar-refractivity contribution in [2.45, 2.75) is 37.7 Å². The van der Waals surface area contributed by atoms with Crippen molar-refractivity contribution in [3.8, 4) is 0 Å². The minimum Gasteiger partial charge on any atom is -0.380 e. The Bertz CT molecular complexity index is 614. The molecule has 1 nitrogen and oxygen atoms in total. The highest BCUT2D eigenvalue weighted by molar-refractivity contribution is 5.91. The van der Waals surface area contributed by atoms with Crippen molar-refractivity contribution < 1.29 is 4.74 Å². The number of hydrogen-bond donors (Lipinski definition) is 0. The third kappa shape index (κ3) is 1.31. The number of benzene rings is 2. The lowest BCUT2D eigenvalue weighted by Crippen LogP contribution is -2.30. The Morgan fingerprint density at radius 1 is 1.11 bits per heavy atom. The first-order valence-corrected chi connectivity index (χ1v) is 6.94. The van der Waals surface area contributed by atoms with E-state index in [2.05, 4.69) is 30.3 Å². The van der Waals surface area contributed by atoms with Crippen LogP contribution in [-0.4, -0.2) is 13.2 Å². The molecule has 0 radical (unpaired) electrons.